The molecular formula is C41H55BrN2O2. The van der Waals surface area contributed by atoms with Crippen LogP contribution in [0.1, 0.15) is 97.1 Å². The zero-order valence-electron chi connectivity index (χ0n) is 28.5. The van der Waals surface area contributed by atoms with Gasteiger partial charge in [0.25, 0.3) is 0 Å². The van der Waals surface area contributed by atoms with Gasteiger partial charge in [-0.05, 0) is 121 Å². The number of ether oxygens (including phenoxy) is 1. The van der Waals surface area contributed by atoms with Gasteiger partial charge in [-0.2, -0.15) is 0 Å². The molecule has 5 heteroatoms. The number of aromatic nitrogens is 2. The van der Waals surface area contributed by atoms with Gasteiger partial charge in [0.2, 0.25) is 6.33 Å². The third kappa shape index (κ3) is 5.35. The summed E-state index contributed by atoms with van der Waals surface area (Å²) in [5.41, 5.74) is 3.74. The van der Waals surface area contributed by atoms with Crippen molar-refractivity contribution < 1.29 is 31.4 Å². The first-order valence-electron chi connectivity index (χ1n) is 18.3. The number of imidazole rings is 1. The van der Waals surface area contributed by atoms with Crippen molar-refractivity contribution in [1.82, 2.24) is 4.57 Å². The lowest BCUT2D eigenvalue weighted by molar-refractivity contribution is -0.696. The van der Waals surface area contributed by atoms with Gasteiger partial charge < -0.3 is 26.8 Å². The monoisotopic (exact) mass is 686 g/mol. The van der Waals surface area contributed by atoms with E-state index in [9.17, 15) is 5.11 Å². The van der Waals surface area contributed by atoms with Crippen molar-refractivity contribution in [3.63, 3.8) is 0 Å². The van der Waals surface area contributed by atoms with Crippen molar-refractivity contribution in [1.29, 1.82) is 0 Å². The fourth-order valence-corrected chi connectivity index (χ4v) is 11.8. The van der Waals surface area contributed by atoms with E-state index in [1.54, 1.807) is 5.57 Å². The fraction of sp³-hybridized carbons (Fsp3) is 0.634. The van der Waals surface area contributed by atoms with Crippen LogP contribution in [0.2, 0.25) is 0 Å². The molecule has 3 unspecified atom stereocenters. The molecule has 3 aromatic rings. The molecule has 1 N–H and O–H groups in total. The maximum atomic E-state index is 10.4. The molecule has 2 heterocycles. The molecule has 5 aliphatic rings. The number of halogens is 1. The van der Waals surface area contributed by atoms with Crippen LogP contribution in [-0.4, -0.2) is 28.0 Å². The molecule has 1 saturated heterocycles. The van der Waals surface area contributed by atoms with Gasteiger partial charge >= 0.3 is 0 Å². The van der Waals surface area contributed by atoms with E-state index in [1.807, 2.05) is 0 Å². The number of aryl methyl sites for hydroxylation is 2. The first kappa shape index (κ1) is 32.6. The minimum atomic E-state index is -0.117. The predicted molar refractivity (Wildman–Crippen MR) is 181 cm³/mol. The fourth-order valence-electron chi connectivity index (χ4n) is 11.8. The molecule has 0 bridgehead atoms. The highest BCUT2D eigenvalue weighted by Crippen LogP contribution is 2.69. The molecule has 4 aliphatic carbocycles. The molecule has 1 aliphatic heterocycles. The second kappa shape index (κ2) is 12.5. The van der Waals surface area contributed by atoms with E-state index >= 15 is 0 Å². The van der Waals surface area contributed by atoms with Crippen LogP contribution >= 0.6 is 0 Å². The number of allylic oxidation sites excluding steroid dienone is 1. The standard InChI is InChI=1S/C41H55N2O2.BrH/c1-27(43-23-22-42(26-43)21-18-30-10-7-9-29-8-5-6-11-33(29)30)12-15-37-28(2)39-38(45-37)25-36-34-14-13-31-24-32(44)16-19-40(31,3)35(34)17-20-41(36,39)4;/h5-11,13,22-23,26-28,32,34-39,44H,12,14-21,24-25H2,1-4H3;1H/q+1;/p-1/t27-,28-,32?,34-,35+,36+,37-,38?,39?,40+,41+;/m1./s1. The van der Waals surface area contributed by atoms with Crippen molar-refractivity contribution in [2.75, 3.05) is 0 Å². The lowest BCUT2D eigenvalue weighted by atomic mass is 9.47. The average Bonchev–Trinajstić information content (AvgIpc) is 3.73. The van der Waals surface area contributed by atoms with E-state index in [0.29, 0.717) is 40.9 Å². The van der Waals surface area contributed by atoms with Gasteiger partial charge in [0.05, 0.1) is 30.9 Å². The summed E-state index contributed by atoms with van der Waals surface area (Å²) in [7, 11) is 0. The number of nitrogens with zero attached hydrogens (tertiary/aromatic N) is 2. The molecule has 8 rings (SSSR count). The minimum absolute atomic E-state index is 0. The zero-order chi connectivity index (χ0) is 30.9. The number of aliphatic hydroxyl groups excluding tert-OH is 1. The first-order valence-corrected chi connectivity index (χ1v) is 18.3. The number of benzene rings is 2. The summed E-state index contributed by atoms with van der Waals surface area (Å²) in [5, 5.41) is 13.1. The Morgan fingerprint density at radius 1 is 1.07 bits per heavy atom. The number of fused-ring (bicyclic) bond motifs is 8. The number of hydrogen-bond acceptors (Lipinski definition) is 2. The van der Waals surface area contributed by atoms with Crippen LogP contribution in [0.3, 0.4) is 0 Å². The van der Waals surface area contributed by atoms with Gasteiger partial charge in [0, 0.05) is 6.42 Å². The van der Waals surface area contributed by atoms with E-state index in [4.69, 9.17) is 4.74 Å². The van der Waals surface area contributed by atoms with Crippen LogP contribution in [0.5, 0.6) is 0 Å². The molecule has 4 fully saturated rings. The Hall–Kier alpha value is -1.95. The topological polar surface area (TPSA) is 38.3 Å². The highest BCUT2D eigenvalue weighted by molar-refractivity contribution is 5.85. The van der Waals surface area contributed by atoms with Gasteiger partial charge in [0.1, 0.15) is 12.4 Å². The lowest BCUT2D eigenvalue weighted by Crippen LogP contribution is -3.00. The summed E-state index contributed by atoms with van der Waals surface area (Å²) in [6.07, 6.45) is 21.8. The second-order valence-electron chi connectivity index (χ2n) is 16.4. The summed E-state index contributed by atoms with van der Waals surface area (Å²) < 4.78 is 11.8. The van der Waals surface area contributed by atoms with Crippen molar-refractivity contribution in [2.45, 2.75) is 123 Å². The van der Waals surface area contributed by atoms with Crippen molar-refractivity contribution >= 4 is 10.8 Å². The first-order chi connectivity index (χ1) is 21.7. The minimum Gasteiger partial charge on any atom is -1.00 e. The Bertz CT molecular complexity index is 1580. The number of rotatable bonds is 7. The Labute approximate surface area is 287 Å². The summed E-state index contributed by atoms with van der Waals surface area (Å²) >= 11 is 0. The quantitative estimate of drug-likeness (QED) is 0.265. The largest absolute Gasteiger partial charge is 1.00 e. The van der Waals surface area contributed by atoms with Crippen LogP contribution in [-0.2, 0) is 17.7 Å². The second-order valence-corrected chi connectivity index (χ2v) is 16.4. The van der Waals surface area contributed by atoms with E-state index in [1.165, 1.54) is 48.4 Å². The van der Waals surface area contributed by atoms with Crippen molar-refractivity contribution in [2.24, 2.45) is 40.4 Å². The van der Waals surface area contributed by atoms with Crippen LogP contribution in [0.15, 0.2) is 72.8 Å². The number of aliphatic hydroxyl groups is 1. The van der Waals surface area contributed by atoms with Crippen LogP contribution < -0.4 is 21.5 Å². The normalized spacial score (nSPS) is 38.7. The zero-order valence-corrected chi connectivity index (χ0v) is 30.0. The molecule has 3 saturated carbocycles. The molecule has 11 atom stereocenters. The maximum Gasteiger partial charge on any atom is 0.243 e. The number of hydrogen-bond donors (Lipinski definition) is 1. The molecule has 46 heavy (non-hydrogen) atoms. The molecule has 4 nitrogen and oxygen atoms in total. The maximum absolute atomic E-state index is 10.4. The molecule has 248 valence electrons. The van der Waals surface area contributed by atoms with Crippen LogP contribution in [0.4, 0.5) is 0 Å². The molecule has 1 aromatic heterocycles. The van der Waals surface area contributed by atoms with E-state index < -0.39 is 0 Å². The summed E-state index contributed by atoms with van der Waals surface area (Å²) in [4.78, 5) is 0. The van der Waals surface area contributed by atoms with Gasteiger partial charge in [-0.15, -0.1) is 0 Å². The Balaban J connectivity index is 0.00000338. The summed E-state index contributed by atoms with van der Waals surface area (Å²) in [6, 6.07) is 15.9. The van der Waals surface area contributed by atoms with Crippen LogP contribution in [0, 0.1) is 40.4 Å². The molecule has 0 radical (unpaired) electrons. The van der Waals surface area contributed by atoms with Gasteiger partial charge in [-0.1, -0.05) is 74.9 Å². The van der Waals surface area contributed by atoms with E-state index in [2.05, 4.69) is 104 Å². The summed E-state index contributed by atoms with van der Waals surface area (Å²) in [6.45, 7) is 11.1. The highest BCUT2D eigenvalue weighted by Gasteiger charge is 2.64. The Morgan fingerprint density at radius 3 is 2.76 bits per heavy atom. The molecular weight excluding hydrogens is 632 g/mol. The highest BCUT2D eigenvalue weighted by atomic mass is 79.9. The van der Waals surface area contributed by atoms with Gasteiger partial charge in [-0.25, -0.2) is 9.13 Å². The van der Waals surface area contributed by atoms with E-state index in [-0.39, 0.29) is 23.1 Å². The lowest BCUT2D eigenvalue weighted by Gasteiger charge is -2.58. The van der Waals surface area contributed by atoms with Crippen LogP contribution in [0.25, 0.3) is 10.8 Å². The Morgan fingerprint density at radius 2 is 1.89 bits per heavy atom. The van der Waals surface area contributed by atoms with Crippen molar-refractivity contribution in [3.8, 4) is 0 Å². The Kier molecular flexibility index (Phi) is 8.85. The molecule has 2 aromatic carbocycles. The summed E-state index contributed by atoms with van der Waals surface area (Å²) in [5.74, 6) is 3.73. The van der Waals surface area contributed by atoms with Gasteiger partial charge in [-0.3, -0.25) is 0 Å². The van der Waals surface area contributed by atoms with E-state index in [0.717, 1.165) is 56.4 Å². The SMILES string of the molecule is C[C@H](CC[C@H]1OC2C[C@H]3[C@@H]4CC=C5CC(O)CC[C@]5(C)[C@H]4CC[C@]3(C)C2[C@@H]1C)n1cc[n+](CCc2cccc3ccccc23)c1.[Br-]. The molecule has 0 amide bonds. The predicted octanol–water partition coefficient (Wildman–Crippen LogP) is 5.47. The smallest absolute Gasteiger partial charge is 0.243 e. The van der Waals surface area contributed by atoms with Crippen molar-refractivity contribution in [3.05, 3.63) is 78.4 Å². The van der Waals surface area contributed by atoms with Gasteiger partial charge in [0.15, 0.2) is 0 Å². The average molecular weight is 688 g/mol. The third-order valence-corrected chi connectivity index (χ3v) is 14.3. The molecule has 0 spiro atoms. The third-order valence-electron chi connectivity index (χ3n) is 14.3.